The summed E-state index contributed by atoms with van der Waals surface area (Å²) in [5.41, 5.74) is -0.949. The van der Waals surface area contributed by atoms with Crippen LogP contribution in [0.5, 0.6) is 5.75 Å². The third-order valence-corrected chi connectivity index (χ3v) is 5.44. The topological polar surface area (TPSA) is 128 Å². The first-order valence-electron chi connectivity index (χ1n) is 9.42. The Labute approximate surface area is 182 Å². The van der Waals surface area contributed by atoms with E-state index < -0.39 is 48.5 Å². The molecule has 2 aromatic carbocycles. The number of carbonyl (C=O) groups excluding carboxylic acids is 1. The molecular weight excluding hydrogens is 433 g/mol. The minimum Gasteiger partial charge on any atom is -0.460 e. The van der Waals surface area contributed by atoms with Gasteiger partial charge >= 0.3 is 0 Å². The molecule has 0 aromatic heterocycles. The van der Waals surface area contributed by atoms with E-state index in [1.807, 2.05) is 0 Å². The first-order chi connectivity index (χ1) is 14.6. The van der Waals surface area contributed by atoms with Gasteiger partial charge in [-0.15, -0.1) is 0 Å². The van der Waals surface area contributed by atoms with E-state index in [-0.39, 0.29) is 16.3 Å². The predicted molar refractivity (Wildman–Crippen MR) is 109 cm³/mol. The highest BCUT2D eigenvalue weighted by Gasteiger charge is 2.53. The molecule has 0 radical (unpaired) electrons. The van der Waals surface area contributed by atoms with Crippen molar-refractivity contribution in [1.82, 2.24) is 5.32 Å². The van der Waals surface area contributed by atoms with Gasteiger partial charge in [0.25, 0.3) is 5.91 Å². The lowest BCUT2D eigenvalue weighted by Gasteiger charge is -2.45. The summed E-state index contributed by atoms with van der Waals surface area (Å²) in [6, 6.07) is 8.36. The first kappa shape index (κ1) is 23.4. The van der Waals surface area contributed by atoms with Crippen LogP contribution in [0.3, 0.4) is 0 Å². The second-order valence-corrected chi connectivity index (χ2v) is 7.83. The molecule has 5 N–H and O–H groups in total. The quantitative estimate of drug-likeness (QED) is 0.456. The lowest BCUT2D eigenvalue weighted by atomic mass is 9.88. The number of ether oxygens (including phenoxy) is 2. The Balaban J connectivity index is 1.88. The number of aliphatic hydroxyl groups is 4. The van der Waals surface area contributed by atoms with Gasteiger partial charge in [0.2, 0.25) is 6.29 Å². The van der Waals surface area contributed by atoms with Crippen molar-refractivity contribution in [2.75, 3.05) is 13.7 Å². The molecule has 0 saturated carbocycles. The highest BCUT2D eigenvalue weighted by atomic mass is 35.5. The van der Waals surface area contributed by atoms with E-state index in [2.05, 4.69) is 5.32 Å². The number of halogens is 2. The van der Waals surface area contributed by atoms with Gasteiger partial charge < -0.3 is 35.2 Å². The lowest BCUT2D eigenvalue weighted by Crippen LogP contribution is -2.66. The molecule has 0 aliphatic carbocycles. The van der Waals surface area contributed by atoms with Gasteiger partial charge in [0.15, 0.2) is 5.60 Å². The fraction of sp³-hybridized carbons (Fsp3) is 0.381. The summed E-state index contributed by atoms with van der Waals surface area (Å²) in [7, 11) is 1.44. The SMILES string of the molecule is CNC(=O)c1cc(F)cc(-c2ccc(O[C@H]3OC(CO)[C@@H](O)[C@H](O)[C@]3(C)O)c(Cl)c2)c1. The average molecular weight is 456 g/mol. The van der Waals surface area contributed by atoms with Gasteiger partial charge in [-0.3, -0.25) is 4.79 Å². The summed E-state index contributed by atoms with van der Waals surface area (Å²) in [5, 5.41) is 42.5. The summed E-state index contributed by atoms with van der Waals surface area (Å²) in [6.07, 6.45) is -5.77. The van der Waals surface area contributed by atoms with E-state index in [0.29, 0.717) is 11.1 Å². The number of carbonyl (C=O) groups is 1. The third kappa shape index (κ3) is 4.67. The number of hydrogen-bond acceptors (Lipinski definition) is 7. The molecule has 0 bridgehead atoms. The summed E-state index contributed by atoms with van der Waals surface area (Å²) in [5.74, 6) is -0.955. The number of nitrogens with one attached hydrogen (secondary N) is 1. The molecule has 10 heteroatoms. The molecule has 168 valence electrons. The molecule has 5 atom stereocenters. The molecule has 1 fully saturated rings. The van der Waals surface area contributed by atoms with Crippen molar-refractivity contribution in [1.29, 1.82) is 0 Å². The van der Waals surface area contributed by atoms with Crippen molar-refractivity contribution in [3.8, 4) is 16.9 Å². The number of rotatable bonds is 5. The van der Waals surface area contributed by atoms with Crippen LogP contribution in [0, 0.1) is 5.82 Å². The van der Waals surface area contributed by atoms with Gasteiger partial charge in [-0.25, -0.2) is 4.39 Å². The Hall–Kier alpha value is -2.27. The van der Waals surface area contributed by atoms with Crippen molar-refractivity contribution in [2.24, 2.45) is 0 Å². The highest BCUT2D eigenvalue weighted by Crippen LogP contribution is 2.36. The monoisotopic (exact) mass is 455 g/mol. The third-order valence-electron chi connectivity index (χ3n) is 5.14. The van der Waals surface area contributed by atoms with Crippen LogP contribution >= 0.6 is 11.6 Å². The molecule has 3 rings (SSSR count). The highest BCUT2D eigenvalue weighted by molar-refractivity contribution is 6.32. The van der Waals surface area contributed by atoms with Crippen LogP contribution in [-0.4, -0.2) is 70.2 Å². The molecule has 1 saturated heterocycles. The zero-order valence-electron chi connectivity index (χ0n) is 16.8. The molecule has 1 unspecified atom stereocenters. The lowest BCUT2D eigenvalue weighted by molar-refractivity contribution is -0.314. The molecule has 0 spiro atoms. The van der Waals surface area contributed by atoms with Crippen molar-refractivity contribution in [3.63, 3.8) is 0 Å². The Kier molecular flexibility index (Phi) is 6.85. The molecule has 1 aliphatic rings. The number of aliphatic hydroxyl groups excluding tert-OH is 3. The molecule has 1 aliphatic heterocycles. The summed E-state index contributed by atoms with van der Waals surface area (Å²) in [4.78, 5) is 11.8. The first-order valence-corrected chi connectivity index (χ1v) is 9.80. The average Bonchev–Trinajstić information content (AvgIpc) is 2.74. The van der Waals surface area contributed by atoms with Crippen LogP contribution in [0.1, 0.15) is 17.3 Å². The van der Waals surface area contributed by atoms with Gasteiger partial charge in [0.05, 0.1) is 11.6 Å². The second-order valence-electron chi connectivity index (χ2n) is 7.42. The van der Waals surface area contributed by atoms with Gasteiger partial charge in [0, 0.05) is 12.6 Å². The van der Waals surface area contributed by atoms with Crippen molar-refractivity contribution >= 4 is 17.5 Å². The van der Waals surface area contributed by atoms with E-state index in [9.17, 15) is 29.6 Å². The van der Waals surface area contributed by atoms with E-state index >= 15 is 0 Å². The number of benzene rings is 2. The van der Waals surface area contributed by atoms with E-state index in [1.165, 1.54) is 38.2 Å². The normalized spacial score (nSPS) is 28.3. The minimum atomic E-state index is -2.00. The maximum absolute atomic E-state index is 14.0. The fourth-order valence-electron chi connectivity index (χ4n) is 3.29. The minimum absolute atomic E-state index is 0.0823. The van der Waals surface area contributed by atoms with Crippen LogP contribution in [0.15, 0.2) is 36.4 Å². The van der Waals surface area contributed by atoms with Crippen LogP contribution in [-0.2, 0) is 4.74 Å². The maximum Gasteiger partial charge on any atom is 0.251 e. The van der Waals surface area contributed by atoms with Crippen LogP contribution in [0.2, 0.25) is 5.02 Å². The predicted octanol–water partition coefficient (Wildman–Crippen LogP) is 1.07. The molecule has 1 amide bonds. The van der Waals surface area contributed by atoms with Crippen LogP contribution < -0.4 is 10.1 Å². The molecule has 31 heavy (non-hydrogen) atoms. The zero-order chi connectivity index (χ0) is 22.9. The van der Waals surface area contributed by atoms with Crippen LogP contribution in [0.4, 0.5) is 4.39 Å². The Morgan fingerprint density at radius 2 is 1.97 bits per heavy atom. The summed E-state index contributed by atoms with van der Waals surface area (Å²) < 4.78 is 25.0. The Morgan fingerprint density at radius 3 is 2.58 bits per heavy atom. The Bertz CT molecular complexity index is 971. The standard InChI is InChI=1S/C21H23ClFNO7/c1-21(29)18(27)17(26)16(9-25)31-20(21)30-15-4-3-10(8-14(15)22)11-5-12(19(28)24-2)7-13(23)6-11/h3-8,16-18,20,25-27,29H,9H2,1-2H3,(H,24,28)/t16?,17-,18+,20+,21+/m1/s1. The van der Waals surface area contributed by atoms with E-state index in [4.69, 9.17) is 21.1 Å². The maximum atomic E-state index is 14.0. The van der Waals surface area contributed by atoms with Crippen molar-refractivity contribution in [2.45, 2.75) is 37.1 Å². The van der Waals surface area contributed by atoms with Gasteiger partial charge in [-0.1, -0.05) is 17.7 Å². The van der Waals surface area contributed by atoms with Gasteiger partial charge in [0.1, 0.15) is 29.9 Å². The summed E-state index contributed by atoms with van der Waals surface area (Å²) in [6.45, 7) is 0.614. The fourth-order valence-corrected chi connectivity index (χ4v) is 3.51. The van der Waals surface area contributed by atoms with Crippen molar-refractivity contribution < 1.29 is 39.1 Å². The van der Waals surface area contributed by atoms with E-state index in [0.717, 1.165) is 6.07 Å². The smallest absolute Gasteiger partial charge is 0.251 e. The molecule has 2 aromatic rings. The number of amides is 1. The largest absolute Gasteiger partial charge is 0.460 e. The Morgan fingerprint density at radius 1 is 1.26 bits per heavy atom. The van der Waals surface area contributed by atoms with E-state index in [1.54, 1.807) is 6.07 Å². The summed E-state index contributed by atoms with van der Waals surface area (Å²) >= 11 is 6.30. The number of hydrogen-bond donors (Lipinski definition) is 5. The van der Waals surface area contributed by atoms with Crippen LogP contribution in [0.25, 0.3) is 11.1 Å². The van der Waals surface area contributed by atoms with Crippen molar-refractivity contribution in [3.05, 3.63) is 52.8 Å². The molecule has 1 heterocycles. The van der Waals surface area contributed by atoms with Gasteiger partial charge in [-0.2, -0.15) is 0 Å². The van der Waals surface area contributed by atoms with Gasteiger partial charge in [-0.05, 0) is 48.4 Å². The zero-order valence-corrected chi connectivity index (χ0v) is 17.5. The molecular formula is C21H23ClFNO7. The second kappa shape index (κ2) is 9.07. The molecule has 8 nitrogen and oxygen atoms in total.